The molecule has 0 radical (unpaired) electrons. The Hall–Kier alpha value is -6.10. The van der Waals surface area contributed by atoms with Crippen LogP contribution in [0.15, 0.2) is 218 Å². The lowest BCUT2D eigenvalue weighted by Gasteiger charge is -2.35. The summed E-state index contributed by atoms with van der Waals surface area (Å²) in [6, 6.07) is 68.5. The summed E-state index contributed by atoms with van der Waals surface area (Å²) in [5.41, 5.74) is 5.28. The Balaban J connectivity index is 1.66. The fraction of sp³-hybridized carbons (Fsp3) is 0.100. The van der Waals surface area contributed by atoms with E-state index in [0.717, 1.165) is 33.4 Å². The van der Waals surface area contributed by atoms with Crippen LogP contribution in [0.3, 0.4) is 0 Å². The van der Waals surface area contributed by atoms with Crippen molar-refractivity contribution >= 4 is 92.2 Å². The van der Waals surface area contributed by atoms with Crippen molar-refractivity contribution < 1.29 is 18.3 Å². The van der Waals surface area contributed by atoms with E-state index in [1.807, 2.05) is 260 Å². The molecule has 68 heavy (non-hydrogen) atoms. The molecule has 0 N–H and O–H groups in total. The van der Waals surface area contributed by atoms with Crippen LogP contribution in [0.1, 0.15) is 33.4 Å². The number of hydrogen-bond donors (Lipinski definition) is 0. The first-order valence-corrected chi connectivity index (χ1v) is 29.7. The maximum absolute atomic E-state index is 18.3. The molecular formula is C60H54O4P4. The van der Waals surface area contributed by atoms with Crippen molar-refractivity contribution in [2.45, 2.75) is 41.5 Å². The summed E-state index contributed by atoms with van der Waals surface area (Å²) in [6.45, 7) is 11.8. The molecule has 0 aromatic heterocycles. The zero-order valence-electron chi connectivity index (χ0n) is 39.2. The molecule has 0 atom stereocenters. The number of benzene rings is 9. The third-order valence-corrected chi connectivity index (χ3v) is 25.8. The molecule has 9 aromatic rings. The van der Waals surface area contributed by atoms with Crippen LogP contribution in [0.2, 0.25) is 0 Å². The Morgan fingerprint density at radius 2 is 0.426 bits per heavy atom. The molecule has 8 heteroatoms. The Morgan fingerprint density at radius 3 is 0.662 bits per heavy atom. The molecule has 9 rings (SSSR count). The summed E-state index contributed by atoms with van der Waals surface area (Å²) >= 11 is 0. The van der Waals surface area contributed by atoms with Crippen LogP contribution in [0.4, 0.5) is 0 Å². The highest BCUT2D eigenvalue weighted by Crippen LogP contribution is 2.55. The van der Waals surface area contributed by atoms with Crippen molar-refractivity contribution in [3.63, 3.8) is 0 Å². The van der Waals surface area contributed by atoms with Gasteiger partial charge in [0.1, 0.15) is 0 Å². The van der Waals surface area contributed by atoms with Gasteiger partial charge in [0.05, 0.1) is 0 Å². The summed E-state index contributed by atoms with van der Waals surface area (Å²) < 4.78 is 71.6. The average Bonchev–Trinajstić information content (AvgIpc) is 3.35. The lowest BCUT2D eigenvalue weighted by Crippen LogP contribution is -2.54. The molecule has 0 heterocycles. The molecule has 0 unspecified atom stereocenters. The summed E-state index contributed by atoms with van der Waals surface area (Å²) in [5, 5.41) is 4.97. The van der Waals surface area contributed by atoms with Gasteiger partial charge in [0.15, 0.2) is 28.6 Å². The van der Waals surface area contributed by atoms with Gasteiger partial charge in [-0.05, 0) is 90.1 Å². The largest absolute Gasteiger partial charge is 0.309 e. The Labute approximate surface area is 401 Å². The molecular weight excluding hydrogens is 909 g/mol. The number of rotatable bonds is 12. The first kappa shape index (κ1) is 47.0. The summed E-state index contributed by atoms with van der Waals surface area (Å²) in [4.78, 5) is 0. The molecule has 338 valence electrons. The second-order valence-corrected chi connectivity index (χ2v) is 28.8. The van der Waals surface area contributed by atoms with E-state index in [9.17, 15) is 0 Å². The van der Waals surface area contributed by atoms with Gasteiger partial charge in [-0.1, -0.05) is 203 Å². The van der Waals surface area contributed by atoms with E-state index in [1.165, 1.54) is 0 Å². The Morgan fingerprint density at radius 1 is 0.221 bits per heavy atom. The van der Waals surface area contributed by atoms with Crippen molar-refractivity contribution in [1.82, 2.24) is 0 Å². The van der Waals surface area contributed by atoms with E-state index in [4.69, 9.17) is 0 Å². The van der Waals surface area contributed by atoms with Crippen LogP contribution in [-0.4, -0.2) is 0 Å². The smallest absolute Gasteiger partial charge is 0.172 e. The third-order valence-electron chi connectivity index (χ3n) is 12.8. The molecule has 0 fully saturated rings. The molecule has 0 saturated carbocycles. The van der Waals surface area contributed by atoms with E-state index >= 15 is 18.3 Å². The van der Waals surface area contributed by atoms with E-state index in [0.29, 0.717) is 42.4 Å². The molecule has 0 saturated heterocycles. The van der Waals surface area contributed by atoms with Gasteiger partial charge in [-0.25, -0.2) is 0 Å². The fourth-order valence-electron chi connectivity index (χ4n) is 9.58. The summed E-state index contributed by atoms with van der Waals surface area (Å²) in [5.74, 6) is 0. The fourth-order valence-corrected chi connectivity index (χ4v) is 23.9. The van der Waals surface area contributed by atoms with E-state index in [-0.39, 0.29) is 21.2 Å². The molecule has 4 nitrogen and oxygen atoms in total. The second kappa shape index (κ2) is 18.8. The predicted octanol–water partition coefficient (Wildman–Crippen LogP) is 10.1. The zero-order chi connectivity index (χ0) is 47.8. The second-order valence-electron chi connectivity index (χ2n) is 17.9. The van der Waals surface area contributed by atoms with E-state index in [2.05, 4.69) is 0 Å². The van der Waals surface area contributed by atoms with E-state index < -0.39 is 28.6 Å². The van der Waals surface area contributed by atoms with Crippen molar-refractivity contribution in [2.24, 2.45) is 0 Å². The van der Waals surface area contributed by atoms with Crippen LogP contribution < -0.4 is 63.7 Å². The minimum absolute atomic E-state index is 0.175. The van der Waals surface area contributed by atoms with Gasteiger partial charge >= 0.3 is 0 Å². The molecule has 9 aromatic carbocycles. The van der Waals surface area contributed by atoms with Crippen molar-refractivity contribution in [3.05, 3.63) is 252 Å². The molecule has 0 spiro atoms. The van der Waals surface area contributed by atoms with E-state index in [1.54, 1.807) is 0 Å². The minimum atomic E-state index is -4.37. The molecule has 0 bridgehead atoms. The SMILES string of the molecule is Cc1cccc(P(=O)(c2cccc(C)c2)c2ccc(P(=O)(c3ccccc3)c3ccccc3)c(P(=O)(c3cccc(C)c3)c3cccc(C)c3)c2P(=O)(c2cccc(C)c2)c2cccc(C)c2)c1. The van der Waals surface area contributed by atoms with Crippen LogP contribution in [0.25, 0.3) is 0 Å². The van der Waals surface area contributed by atoms with Crippen molar-refractivity contribution in [2.75, 3.05) is 0 Å². The van der Waals surface area contributed by atoms with Crippen molar-refractivity contribution in [3.8, 4) is 0 Å². The summed E-state index contributed by atoms with van der Waals surface area (Å²) in [7, 11) is -17.0. The van der Waals surface area contributed by atoms with Crippen LogP contribution >= 0.6 is 28.6 Å². The van der Waals surface area contributed by atoms with Gasteiger partial charge in [0, 0.05) is 63.7 Å². The van der Waals surface area contributed by atoms with Crippen LogP contribution in [0.5, 0.6) is 0 Å². The zero-order valence-corrected chi connectivity index (χ0v) is 42.8. The molecule has 0 aliphatic rings. The predicted molar refractivity (Wildman–Crippen MR) is 292 cm³/mol. The number of aryl methyl sites for hydroxylation is 6. The van der Waals surface area contributed by atoms with Gasteiger partial charge < -0.3 is 18.3 Å². The Bertz CT molecular complexity index is 3370. The monoisotopic (exact) mass is 962 g/mol. The third kappa shape index (κ3) is 8.23. The normalized spacial score (nSPS) is 12.2. The Kier molecular flexibility index (Phi) is 13.0. The first-order chi connectivity index (χ1) is 32.7. The van der Waals surface area contributed by atoms with Crippen molar-refractivity contribution in [1.29, 1.82) is 0 Å². The average molecular weight is 963 g/mol. The molecule has 0 aliphatic carbocycles. The highest BCUT2D eigenvalue weighted by atomic mass is 31.2. The highest BCUT2D eigenvalue weighted by Gasteiger charge is 2.50. The van der Waals surface area contributed by atoms with Crippen LogP contribution in [-0.2, 0) is 18.3 Å². The first-order valence-electron chi connectivity index (χ1n) is 22.8. The topological polar surface area (TPSA) is 68.3 Å². The minimum Gasteiger partial charge on any atom is -0.309 e. The quantitative estimate of drug-likeness (QED) is 0.114. The number of hydrogen-bond acceptors (Lipinski definition) is 4. The standard InChI is InChI=1S/C60H54O4P4/c1-43-19-13-29-51(37-43)66(62,52-30-14-20-44(2)38-52)58-36-35-57(65(61,49-25-9-7-10-26-49)50-27-11-8-12-28-50)59(67(63,53-31-15-21-45(3)39-53)54-32-16-22-46(4)40-54)60(58)68(64,55-33-17-23-47(5)41-55)56-34-18-24-48(6)42-56/h7-42H,1-6H3. The van der Waals surface area contributed by atoms with Gasteiger partial charge in [-0.2, -0.15) is 0 Å². The lowest BCUT2D eigenvalue weighted by molar-refractivity contribution is 0.589. The summed E-state index contributed by atoms with van der Waals surface area (Å²) in [6.07, 6.45) is 0. The lowest BCUT2D eigenvalue weighted by atomic mass is 10.2. The maximum atomic E-state index is 18.3. The van der Waals surface area contributed by atoms with Crippen LogP contribution in [0, 0.1) is 41.5 Å². The van der Waals surface area contributed by atoms with Gasteiger partial charge in [-0.3, -0.25) is 0 Å². The van der Waals surface area contributed by atoms with Gasteiger partial charge in [-0.15, -0.1) is 0 Å². The molecule has 0 amide bonds. The van der Waals surface area contributed by atoms with Gasteiger partial charge in [0.25, 0.3) is 0 Å². The highest BCUT2D eigenvalue weighted by molar-refractivity contribution is 7.95. The maximum Gasteiger partial charge on any atom is 0.172 e. The molecule has 0 aliphatic heterocycles. The van der Waals surface area contributed by atoms with Gasteiger partial charge in [0.2, 0.25) is 0 Å².